The van der Waals surface area contributed by atoms with Crippen LogP contribution in [0, 0.1) is 0 Å². The summed E-state index contributed by atoms with van der Waals surface area (Å²) in [5.74, 6) is 0.151. The van der Waals surface area contributed by atoms with E-state index in [0.29, 0.717) is 0 Å². The molecule has 0 N–H and O–H groups in total. The van der Waals surface area contributed by atoms with Crippen LogP contribution in [0.2, 0.25) is 0 Å². The molecule has 0 aliphatic heterocycles. The molecule has 0 bridgehead atoms. The van der Waals surface area contributed by atoms with E-state index in [9.17, 15) is 8.78 Å². The van der Waals surface area contributed by atoms with Crippen molar-refractivity contribution >= 4 is 11.8 Å². The van der Waals surface area contributed by atoms with Gasteiger partial charge in [0.2, 0.25) is 0 Å². The number of alkyl halides is 2. The molecule has 0 fully saturated rings. The summed E-state index contributed by atoms with van der Waals surface area (Å²) in [4.78, 5) is 4.24. The van der Waals surface area contributed by atoms with Crippen LogP contribution in [0.4, 0.5) is 8.78 Å². The number of halogens is 2. The van der Waals surface area contributed by atoms with Crippen molar-refractivity contribution in [2.45, 2.75) is 11.6 Å². The minimum atomic E-state index is -2.81. The van der Waals surface area contributed by atoms with E-state index in [-0.39, 0.29) is 5.75 Å². The van der Waals surface area contributed by atoms with Crippen LogP contribution in [0.3, 0.4) is 0 Å². The Hall–Kier alpha value is -1.62. The topological polar surface area (TPSA) is 22.1 Å². The summed E-state index contributed by atoms with van der Waals surface area (Å²) in [5, 5.41) is 0.853. The summed E-state index contributed by atoms with van der Waals surface area (Å²) >= 11 is 1.51. The Labute approximate surface area is 108 Å². The van der Waals surface area contributed by atoms with Crippen LogP contribution in [0.15, 0.2) is 47.6 Å². The lowest BCUT2D eigenvalue weighted by atomic mass is 10.1. The number of benzene rings is 1. The first-order chi connectivity index (χ1) is 8.70. The van der Waals surface area contributed by atoms with Crippen LogP contribution < -0.4 is 4.74 Å². The van der Waals surface area contributed by atoms with Gasteiger partial charge in [-0.1, -0.05) is 18.2 Å². The van der Waals surface area contributed by atoms with Gasteiger partial charge in [0.15, 0.2) is 0 Å². The Kier molecular flexibility index (Phi) is 4.15. The predicted molar refractivity (Wildman–Crippen MR) is 68.1 cm³/mol. The van der Waals surface area contributed by atoms with Gasteiger partial charge in [-0.05, 0) is 30.0 Å². The highest BCUT2D eigenvalue weighted by Crippen LogP contribution is 2.30. The standard InChI is InChI=1S/C13H11F2NOS/c1-18-12-11(6-3-7-16-12)9-4-2-5-10(8-9)17-13(14)15/h2-8,13H,1H3. The van der Waals surface area contributed by atoms with Gasteiger partial charge in [0.05, 0.1) is 0 Å². The molecule has 0 aliphatic rings. The highest BCUT2D eigenvalue weighted by atomic mass is 32.2. The van der Waals surface area contributed by atoms with E-state index >= 15 is 0 Å². The van der Waals surface area contributed by atoms with Crippen molar-refractivity contribution in [3.05, 3.63) is 42.6 Å². The minimum absolute atomic E-state index is 0.151. The molecular formula is C13H11F2NOS. The van der Waals surface area contributed by atoms with Crippen LogP contribution in [-0.2, 0) is 0 Å². The average Bonchev–Trinajstić information content (AvgIpc) is 2.38. The monoisotopic (exact) mass is 267 g/mol. The third-order valence-electron chi connectivity index (χ3n) is 2.33. The van der Waals surface area contributed by atoms with Crippen molar-refractivity contribution in [2.24, 2.45) is 0 Å². The molecular weight excluding hydrogens is 256 g/mol. The Bertz CT molecular complexity index is 534. The molecule has 0 unspecified atom stereocenters. The molecule has 2 aromatic rings. The van der Waals surface area contributed by atoms with Gasteiger partial charge in [-0.2, -0.15) is 8.78 Å². The van der Waals surface area contributed by atoms with Gasteiger partial charge in [0.1, 0.15) is 10.8 Å². The molecule has 0 radical (unpaired) electrons. The maximum Gasteiger partial charge on any atom is 0.387 e. The number of thioether (sulfide) groups is 1. The van der Waals surface area contributed by atoms with Crippen molar-refractivity contribution in [3.8, 4) is 16.9 Å². The smallest absolute Gasteiger partial charge is 0.387 e. The maximum absolute atomic E-state index is 12.2. The SMILES string of the molecule is CSc1ncccc1-c1cccc(OC(F)F)c1. The molecule has 18 heavy (non-hydrogen) atoms. The summed E-state index contributed by atoms with van der Waals surface area (Å²) in [7, 11) is 0. The third-order valence-corrected chi connectivity index (χ3v) is 3.05. The summed E-state index contributed by atoms with van der Waals surface area (Å²) in [5.41, 5.74) is 1.72. The summed E-state index contributed by atoms with van der Waals surface area (Å²) in [6.07, 6.45) is 3.63. The molecule has 1 heterocycles. The fraction of sp³-hybridized carbons (Fsp3) is 0.154. The lowest BCUT2D eigenvalue weighted by Crippen LogP contribution is -2.01. The van der Waals surface area contributed by atoms with Crippen LogP contribution in [0.25, 0.3) is 11.1 Å². The fourth-order valence-electron chi connectivity index (χ4n) is 1.61. The number of hydrogen-bond donors (Lipinski definition) is 0. The first kappa shape index (κ1) is 12.8. The first-order valence-corrected chi connectivity index (χ1v) is 6.47. The highest BCUT2D eigenvalue weighted by Gasteiger charge is 2.08. The summed E-state index contributed by atoms with van der Waals surface area (Å²) in [6.45, 7) is -2.81. The van der Waals surface area contributed by atoms with Crippen molar-refractivity contribution in [1.29, 1.82) is 0 Å². The van der Waals surface area contributed by atoms with E-state index < -0.39 is 6.61 Å². The summed E-state index contributed by atoms with van der Waals surface area (Å²) < 4.78 is 28.7. The zero-order valence-electron chi connectivity index (χ0n) is 9.64. The van der Waals surface area contributed by atoms with Crippen molar-refractivity contribution in [3.63, 3.8) is 0 Å². The van der Waals surface area contributed by atoms with Gasteiger partial charge in [-0.3, -0.25) is 0 Å². The fourth-order valence-corrected chi connectivity index (χ4v) is 2.19. The number of pyridine rings is 1. The van der Waals surface area contributed by atoms with E-state index in [0.717, 1.165) is 16.2 Å². The highest BCUT2D eigenvalue weighted by molar-refractivity contribution is 7.98. The zero-order valence-corrected chi connectivity index (χ0v) is 10.5. The van der Waals surface area contributed by atoms with Gasteiger partial charge < -0.3 is 4.74 Å². The van der Waals surface area contributed by atoms with Crippen LogP contribution >= 0.6 is 11.8 Å². The van der Waals surface area contributed by atoms with E-state index in [4.69, 9.17) is 0 Å². The van der Waals surface area contributed by atoms with Crippen LogP contribution in [0.5, 0.6) is 5.75 Å². The van der Waals surface area contributed by atoms with Gasteiger partial charge in [-0.15, -0.1) is 11.8 Å². The van der Waals surface area contributed by atoms with Crippen LogP contribution in [-0.4, -0.2) is 17.9 Å². The largest absolute Gasteiger partial charge is 0.435 e. The lowest BCUT2D eigenvalue weighted by molar-refractivity contribution is -0.0498. The second-order valence-corrected chi connectivity index (χ2v) is 4.26. The van der Waals surface area contributed by atoms with E-state index in [1.807, 2.05) is 24.5 Å². The number of rotatable bonds is 4. The molecule has 1 aromatic carbocycles. The molecule has 0 amide bonds. The third kappa shape index (κ3) is 2.98. The van der Waals surface area contributed by atoms with Crippen molar-refractivity contribution in [1.82, 2.24) is 4.98 Å². The van der Waals surface area contributed by atoms with E-state index in [1.165, 1.54) is 17.8 Å². The van der Waals surface area contributed by atoms with Gasteiger partial charge in [0.25, 0.3) is 0 Å². The van der Waals surface area contributed by atoms with Gasteiger partial charge in [-0.25, -0.2) is 4.98 Å². The quantitative estimate of drug-likeness (QED) is 0.779. The molecule has 0 aliphatic carbocycles. The molecule has 0 atom stereocenters. The minimum Gasteiger partial charge on any atom is -0.435 e. The van der Waals surface area contributed by atoms with Crippen molar-refractivity contribution < 1.29 is 13.5 Å². The molecule has 1 aromatic heterocycles. The molecule has 94 valence electrons. The summed E-state index contributed by atoms with van der Waals surface area (Å²) in [6, 6.07) is 10.3. The molecule has 2 rings (SSSR count). The Morgan fingerprint density at radius 3 is 2.78 bits per heavy atom. The van der Waals surface area contributed by atoms with E-state index in [1.54, 1.807) is 18.3 Å². The number of aromatic nitrogens is 1. The molecule has 0 saturated carbocycles. The Balaban J connectivity index is 2.38. The first-order valence-electron chi connectivity index (χ1n) is 5.25. The van der Waals surface area contributed by atoms with Crippen molar-refractivity contribution in [2.75, 3.05) is 6.26 Å². The normalized spacial score (nSPS) is 10.7. The average molecular weight is 267 g/mol. The molecule has 5 heteroatoms. The molecule has 0 spiro atoms. The Morgan fingerprint density at radius 2 is 2.06 bits per heavy atom. The van der Waals surface area contributed by atoms with Gasteiger partial charge >= 0.3 is 6.61 Å². The zero-order chi connectivity index (χ0) is 13.0. The molecule has 2 nitrogen and oxygen atoms in total. The second kappa shape index (κ2) is 5.82. The van der Waals surface area contributed by atoms with Crippen LogP contribution in [0.1, 0.15) is 0 Å². The van der Waals surface area contributed by atoms with E-state index in [2.05, 4.69) is 9.72 Å². The maximum atomic E-state index is 12.2. The predicted octanol–water partition coefficient (Wildman–Crippen LogP) is 4.07. The lowest BCUT2D eigenvalue weighted by Gasteiger charge is -2.09. The number of ether oxygens (including phenoxy) is 1. The Morgan fingerprint density at radius 1 is 1.22 bits per heavy atom. The van der Waals surface area contributed by atoms with Gasteiger partial charge in [0, 0.05) is 11.8 Å². The number of nitrogens with zero attached hydrogens (tertiary/aromatic N) is 1. The second-order valence-electron chi connectivity index (χ2n) is 3.47. The number of hydrogen-bond acceptors (Lipinski definition) is 3. The molecule has 0 saturated heterocycles.